The van der Waals surface area contributed by atoms with E-state index in [1.54, 1.807) is 30.3 Å². The number of nitrogens with one attached hydrogen (secondary N) is 1. The maximum absolute atomic E-state index is 13.0. The van der Waals surface area contributed by atoms with Crippen LogP contribution in [0.1, 0.15) is 44.3 Å². The molecule has 1 aliphatic heterocycles. The number of rotatable bonds is 7. The molecule has 194 valence electrons. The van der Waals surface area contributed by atoms with Crippen LogP contribution in [0.5, 0.6) is 0 Å². The second kappa shape index (κ2) is 11.0. The molecule has 0 saturated carbocycles. The van der Waals surface area contributed by atoms with Gasteiger partial charge in [0.1, 0.15) is 11.9 Å². The summed E-state index contributed by atoms with van der Waals surface area (Å²) in [5.74, 6) is -0.534. The number of ether oxygens (including phenoxy) is 4. The van der Waals surface area contributed by atoms with E-state index in [9.17, 15) is 24.0 Å². The molecule has 3 rings (SSSR count). The first-order chi connectivity index (χ1) is 17.5. The quantitative estimate of drug-likeness (QED) is 0.326. The van der Waals surface area contributed by atoms with E-state index in [4.69, 9.17) is 25.4 Å². The summed E-state index contributed by atoms with van der Waals surface area (Å²) in [6.45, 7) is 4.78. The minimum atomic E-state index is -2.06. The van der Waals surface area contributed by atoms with Crippen LogP contribution in [-0.2, 0) is 33.3 Å². The van der Waals surface area contributed by atoms with Gasteiger partial charge < -0.3 is 24.3 Å². The number of terminal acetylenes is 1. The molecule has 12 heteroatoms. The summed E-state index contributed by atoms with van der Waals surface area (Å²) in [6.07, 6.45) is 1.65. The van der Waals surface area contributed by atoms with E-state index in [2.05, 4.69) is 16.2 Å². The fraction of sp³-hybridized carbons (Fsp3) is 0.360. The summed E-state index contributed by atoms with van der Waals surface area (Å²) in [6, 6.07) is 9.61. The lowest BCUT2D eigenvalue weighted by Crippen LogP contribution is -2.55. The SMILES string of the molecule is C#C[C@@]1(OC(C)=O)[C@@H]([C@@H](C)OC(C)=O)O[C@@H](n2ccc(NC(=O)c3ccccc3)nc2=O)[C@@H]1OC(C)=O. The number of hydrogen-bond donors (Lipinski definition) is 1. The van der Waals surface area contributed by atoms with Gasteiger partial charge in [0.25, 0.3) is 5.91 Å². The molecule has 1 aromatic carbocycles. The highest BCUT2D eigenvalue weighted by Gasteiger charge is 2.64. The van der Waals surface area contributed by atoms with E-state index < -0.39 is 59.6 Å². The topological polar surface area (TPSA) is 152 Å². The Morgan fingerprint density at radius 3 is 2.32 bits per heavy atom. The zero-order valence-corrected chi connectivity index (χ0v) is 20.5. The van der Waals surface area contributed by atoms with Crippen molar-refractivity contribution in [2.24, 2.45) is 0 Å². The fourth-order valence-corrected chi connectivity index (χ4v) is 4.02. The van der Waals surface area contributed by atoms with E-state index in [0.29, 0.717) is 5.56 Å². The molecule has 0 aliphatic carbocycles. The summed E-state index contributed by atoms with van der Waals surface area (Å²) >= 11 is 0. The largest absolute Gasteiger partial charge is 0.460 e. The van der Waals surface area contributed by atoms with Crippen molar-refractivity contribution in [3.63, 3.8) is 0 Å². The van der Waals surface area contributed by atoms with Gasteiger partial charge in [-0.05, 0) is 25.1 Å². The summed E-state index contributed by atoms with van der Waals surface area (Å²) in [5, 5.41) is 2.51. The predicted octanol–water partition coefficient (Wildman–Crippen LogP) is 1.21. The second-order valence-corrected chi connectivity index (χ2v) is 8.15. The van der Waals surface area contributed by atoms with Crippen LogP contribution in [0.4, 0.5) is 5.82 Å². The molecule has 0 radical (unpaired) electrons. The average molecular weight is 511 g/mol. The Balaban J connectivity index is 2.02. The van der Waals surface area contributed by atoms with Gasteiger partial charge in [-0.15, -0.1) is 6.42 Å². The van der Waals surface area contributed by atoms with Crippen molar-refractivity contribution >= 4 is 29.6 Å². The van der Waals surface area contributed by atoms with Crippen molar-refractivity contribution in [2.75, 3.05) is 5.32 Å². The maximum atomic E-state index is 13.0. The first kappa shape index (κ1) is 27.1. The summed E-state index contributed by atoms with van der Waals surface area (Å²) in [7, 11) is 0. The Labute approximate surface area is 211 Å². The molecule has 1 aliphatic rings. The van der Waals surface area contributed by atoms with Gasteiger partial charge in [0.2, 0.25) is 11.7 Å². The van der Waals surface area contributed by atoms with Gasteiger partial charge in [-0.1, -0.05) is 24.1 Å². The van der Waals surface area contributed by atoms with E-state index in [0.717, 1.165) is 25.3 Å². The van der Waals surface area contributed by atoms with E-state index in [1.807, 2.05) is 0 Å². The molecule has 1 amide bonds. The van der Waals surface area contributed by atoms with E-state index in [1.165, 1.54) is 19.2 Å². The van der Waals surface area contributed by atoms with Gasteiger partial charge in [-0.2, -0.15) is 4.98 Å². The van der Waals surface area contributed by atoms with Crippen molar-refractivity contribution in [3.8, 4) is 12.3 Å². The maximum Gasteiger partial charge on any atom is 0.351 e. The molecule has 2 aromatic rings. The molecule has 12 nitrogen and oxygen atoms in total. The van der Waals surface area contributed by atoms with Crippen molar-refractivity contribution in [1.82, 2.24) is 9.55 Å². The molecule has 2 heterocycles. The van der Waals surface area contributed by atoms with Crippen LogP contribution in [0.15, 0.2) is 47.4 Å². The number of carbonyl (C=O) groups excluding carboxylic acids is 4. The zero-order chi connectivity index (χ0) is 27.3. The number of carbonyl (C=O) groups is 4. The number of amides is 1. The fourth-order valence-electron chi connectivity index (χ4n) is 4.02. The summed E-state index contributed by atoms with van der Waals surface area (Å²) < 4.78 is 23.0. The molecule has 37 heavy (non-hydrogen) atoms. The van der Waals surface area contributed by atoms with Crippen LogP contribution < -0.4 is 11.0 Å². The average Bonchev–Trinajstić information content (AvgIpc) is 3.12. The molecule has 1 saturated heterocycles. The standard InChI is InChI=1S/C25H25N3O9/c1-6-25(37-17(5)31)20(14(2)34-15(3)29)36-23(21(25)35-16(4)30)28-13-12-19(27-24(28)33)26-22(32)18-10-8-7-9-11-18/h1,7-14,20-21,23H,2-5H3,(H,26,27,32,33)/t14-,20-,21+,23-,25-/m1/s1. The molecule has 1 fully saturated rings. The normalized spacial score (nSPS) is 23.3. The Morgan fingerprint density at radius 1 is 1.11 bits per heavy atom. The van der Waals surface area contributed by atoms with Gasteiger partial charge in [0.15, 0.2) is 12.3 Å². The van der Waals surface area contributed by atoms with Crippen LogP contribution >= 0.6 is 0 Å². The summed E-state index contributed by atoms with van der Waals surface area (Å²) in [4.78, 5) is 64.9. The Hall–Kier alpha value is -4.50. The monoisotopic (exact) mass is 511 g/mol. The summed E-state index contributed by atoms with van der Waals surface area (Å²) in [5.41, 5.74) is -2.61. The Morgan fingerprint density at radius 2 is 1.78 bits per heavy atom. The van der Waals surface area contributed by atoms with Crippen LogP contribution in [0, 0.1) is 12.3 Å². The lowest BCUT2D eigenvalue weighted by atomic mass is 9.89. The number of esters is 3. The zero-order valence-electron chi connectivity index (χ0n) is 20.5. The van der Waals surface area contributed by atoms with Crippen molar-refractivity contribution in [3.05, 3.63) is 58.6 Å². The third-order valence-electron chi connectivity index (χ3n) is 5.38. The Bertz CT molecular complexity index is 1300. The van der Waals surface area contributed by atoms with Crippen molar-refractivity contribution < 1.29 is 38.1 Å². The van der Waals surface area contributed by atoms with Crippen LogP contribution in [0.25, 0.3) is 0 Å². The van der Waals surface area contributed by atoms with Gasteiger partial charge in [0, 0.05) is 32.5 Å². The number of aromatic nitrogens is 2. The lowest BCUT2D eigenvalue weighted by molar-refractivity contribution is -0.180. The number of hydrogen-bond acceptors (Lipinski definition) is 10. The van der Waals surface area contributed by atoms with E-state index in [-0.39, 0.29) is 5.82 Å². The van der Waals surface area contributed by atoms with Gasteiger partial charge in [-0.3, -0.25) is 23.7 Å². The third-order valence-corrected chi connectivity index (χ3v) is 5.38. The highest BCUT2D eigenvalue weighted by atomic mass is 16.7. The predicted molar refractivity (Wildman–Crippen MR) is 127 cm³/mol. The molecule has 0 bridgehead atoms. The Kier molecular flexibility index (Phi) is 8.09. The molecule has 1 N–H and O–H groups in total. The number of benzene rings is 1. The van der Waals surface area contributed by atoms with Crippen molar-refractivity contribution in [2.45, 2.75) is 57.8 Å². The molecule has 0 unspecified atom stereocenters. The minimum absolute atomic E-state index is 0.0508. The first-order valence-electron chi connectivity index (χ1n) is 11.1. The third kappa shape index (κ3) is 5.84. The van der Waals surface area contributed by atoms with Gasteiger partial charge in [0.05, 0.1) is 0 Å². The smallest absolute Gasteiger partial charge is 0.351 e. The highest BCUT2D eigenvalue weighted by molar-refractivity contribution is 6.03. The van der Waals surface area contributed by atoms with Crippen molar-refractivity contribution in [1.29, 1.82) is 0 Å². The lowest BCUT2D eigenvalue weighted by Gasteiger charge is -2.34. The first-order valence-corrected chi connectivity index (χ1v) is 11.1. The number of nitrogens with zero attached hydrogens (tertiary/aromatic N) is 2. The van der Waals surface area contributed by atoms with Crippen LogP contribution in [-0.4, -0.2) is 57.3 Å². The molecular formula is C25H25N3O9. The molecule has 1 aromatic heterocycles. The second-order valence-electron chi connectivity index (χ2n) is 8.15. The van der Waals surface area contributed by atoms with Crippen LogP contribution in [0.2, 0.25) is 0 Å². The number of anilines is 1. The molecular weight excluding hydrogens is 486 g/mol. The highest BCUT2D eigenvalue weighted by Crippen LogP contribution is 2.43. The van der Waals surface area contributed by atoms with Crippen LogP contribution in [0.3, 0.4) is 0 Å². The minimum Gasteiger partial charge on any atom is -0.460 e. The van der Waals surface area contributed by atoms with E-state index >= 15 is 0 Å². The molecule has 0 spiro atoms. The van der Waals surface area contributed by atoms with Gasteiger partial charge >= 0.3 is 23.6 Å². The molecule has 5 atom stereocenters. The van der Waals surface area contributed by atoms with Gasteiger partial charge in [-0.25, -0.2) is 4.79 Å².